The maximum Gasteiger partial charge on any atom is 0.244 e. The minimum atomic E-state index is -3.79. The molecule has 34 heavy (non-hydrogen) atoms. The maximum absolute atomic E-state index is 13.6. The predicted molar refractivity (Wildman–Crippen MR) is 141 cm³/mol. The van der Waals surface area contributed by atoms with Gasteiger partial charge >= 0.3 is 0 Å². The van der Waals surface area contributed by atoms with Crippen molar-refractivity contribution in [3.63, 3.8) is 0 Å². The van der Waals surface area contributed by atoms with Crippen LogP contribution in [0.5, 0.6) is 0 Å². The van der Waals surface area contributed by atoms with Gasteiger partial charge in [-0.15, -0.1) is 0 Å². The first-order valence-electron chi connectivity index (χ1n) is 10.7. The van der Waals surface area contributed by atoms with Crippen molar-refractivity contribution < 1.29 is 18.0 Å². The molecule has 0 aromatic heterocycles. The summed E-state index contributed by atoms with van der Waals surface area (Å²) in [6.45, 7) is 3.80. The summed E-state index contributed by atoms with van der Waals surface area (Å²) < 4.78 is 26.9. The van der Waals surface area contributed by atoms with Gasteiger partial charge in [-0.2, -0.15) is 0 Å². The molecule has 0 aliphatic carbocycles. The highest BCUT2D eigenvalue weighted by molar-refractivity contribution is 9.10. The Kier molecular flexibility index (Phi) is 10.7. The molecule has 0 fully saturated rings. The molecular weight excluding hydrogens is 565 g/mol. The van der Waals surface area contributed by atoms with Crippen molar-refractivity contribution >= 4 is 66.7 Å². The van der Waals surface area contributed by atoms with Crippen LogP contribution in [0.4, 0.5) is 5.69 Å². The van der Waals surface area contributed by atoms with Crippen LogP contribution in [0.1, 0.15) is 32.3 Å². The zero-order chi connectivity index (χ0) is 25.5. The summed E-state index contributed by atoms with van der Waals surface area (Å²) in [5.41, 5.74) is 1.00. The smallest absolute Gasteiger partial charge is 0.244 e. The van der Waals surface area contributed by atoms with Gasteiger partial charge in [-0.1, -0.05) is 65.1 Å². The zero-order valence-electron chi connectivity index (χ0n) is 19.2. The van der Waals surface area contributed by atoms with Crippen LogP contribution >= 0.6 is 39.1 Å². The molecule has 0 bridgehead atoms. The minimum absolute atomic E-state index is 0.0594. The van der Waals surface area contributed by atoms with Crippen molar-refractivity contribution in [2.75, 3.05) is 23.7 Å². The summed E-state index contributed by atoms with van der Waals surface area (Å²) in [5.74, 6) is -0.818. The molecule has 2 aromatic rings. The quantitative estimate of drug-likeness (QED) is 0.404. The normalized spacial score (nSPS) is 12.2. The van der Waals surface area contributed by atoms with Gasteiger partial charge in [0.2, 0.25) is 21.8 Å². The number of hydrogen-bond donors (Lipinski definition) is 1. The Bertz CT molecular complexity index is 1130. The second-order valence-electron chi connectivity index (χ2n) is 7.73. The lowest BCUT2D eigenvalue weighted by Gasteiger charge is -2.33. The summed E-state index contributed by atoms with van der Waals surface area (Å²) >= 11 is 15.5. The fraction of sp³-hybridized carbons (Fsp3) is 0.391. The molecule has 1 unspecified atom stereocenters. The van der Waals surface area contributed by atoms with Crippen LogP contribution in [-0.4, -0.2) is 50.5 Å². The molecule has 2 aromatic carbocycles. The highest BCUT2D eigenvalue weighted by atomic mass is 79.9. The Hall–Kier alpha value is -1.81. The van der Waals surface area contributed by atoms with Crippen LogP contribution in [0.2, 0.25) is 10.0 Å². The highest BCUT2D eigenvalue weighted by Crippen LogP contribution is 2.25. The molecule has 0 aliphatic rings. The third kappa shape index (κ3) is 7.86. The van der Waals surface area contributed by atoms with Crippen LogP contribution in [0.25, 0.3) is 0 Å². The first-order valence-corrected chi connectivity index (χ1v) is 14.1. The zero-order valence-corrected chi connectivity index (χ0v) is 23.1. The van der Waals surface area contributed by atoms with E-state index in [1.54, 1.807) is 49.4 Å². The number of nitrogens with zero attached hydrogens (tertiary/aromatic N) is 2. The van der Waals surface area contributed by atoms with E-state index in [4.69, 9.17) is 23.2 Å². The fourth-order valence-corrected chi connectivity index (χ4v) is 4.91. The lowest BCUT2D eigenvalue weighted by Crippen LogP contribution is -2.52. The second-order valence-corrected chi connectivity index (χ2v) is 11.4. The van der Waals surface area contributed by atoms with Gasteiger partial charge in [0.25, 0.3) is 0 Å². The van der Waals surface area contributed by atoms with Crippen LogP contribution < -0.4 is 9.62 Å². The van der Waals surface area contributed by atoms with E-state index < -0.39 is 28.5 Å². The van der Waals surface area contributed by atoms with Crippen molar-refractivity contribution in [2.24, 2.45) is 0 Å². The molecule has 2 rings (SSSR count). The van der Waals surface area contributed by atoms with E-state index in [9.17, 15) is 18.0 Å². The van der Waals surface area contributed by atoms with E-state index in [2.05, 4.69) is 21.2 Å². The monoisotopic (exact) mass is 591 g/mol. The van der Waals surface area contributed by atoms with Crippen molar-refractivity contribution in [1.29, 1.82) is 0 Å². The summed E-state index contributed by atoms with van der Waals surface area (Å²) in [5, 5.41) is 3.52. The molecule has 1 N–H and O–H groups in total. The number of hydrogen-bond acceptors (Lipinski definition) is 4. The first-order chi connectivity index (χ1) is 16.0. The van der Waals surface area contributed by atoms with Crippen molar-refractivity contribution in [2.45, 2.75) is 39.3 Å². The number of rotatable bonds is 11. The van der Waals surface area contributed by atoms with Gasteiger partial charge in [-0.05, 0) is 48.7 Å². The average molecular weight is 593 g/mol. The number of carbonyl (C=O) groups is 2. The van der Waals surface area contributed by atoms with Gasteiger partial charge in [0.1, 0.15) is 12.6 Å². The Balaban J connectivity index is 2.44. The third-order valence-electron chi connectivity index (χ3n) is 5.05. The molecule has 7 nitrogen and oxygen atoms in total. The number of benzene rings is 2. The van der Waals surface area contributed by atoms with Crippen molar-refractivity contribution in [1.82, 2.24) is 10.2 Å². The average Bonchev–Trinajstić information content (AvgIpc) is 2.77. The van der Waals surface area contributed by atoms with E-state index in [0.29, 0.717) is 38.7 Å². The lowest BCUT2D eigenvalue weighted by atomic mass is 10.1. The van der Waals surface area contributed by atoms with Crippen molar-refractivity contribution in [3.05, 3.63) is 62.5 Å². The molecule has 2 amide bonds. The molecule has 186 valence electrons. The number of sulfonamides is 1. The first kappa shape index (κ1) is 28.4. The van der Waals surface area contributed by atoms with E-state index in [1.807, 2.05) is 6.92 Å². The molecule has 0 aliphatic heterocycles. The Morgan fingerprint density at radius 2 is 1.79 bits per heavy atom. The highest BCUT2D eigenvalue weighted by Gasteiger charge is 2.31. The van der Waals surface area contributed by atoms with Gasteiger partial charge in [0.05, 0.1) is 22.0 Å². The van der Waals surface area contributed by atoms with Gasteiger partial charge in [0, 0.05) is 17.6 Å². The Labute approximate surface area is 219 Å². The fourth-order valence-electron chi connectivity index (χ4n) is 3.37. The molecule has 11 heteroatoms. The lowest BCUT2D eigenvalue weighted by molar-refractivity contribution is -0.140. The molecule has 1 atom stereocenters. The maximum atomic E-state index is 13.6. The standard InChI is InChI=1S/C23H28BrCl2N3O4S/c1-4-11-27-23(31)21(5-2)28(14-16-9-10-19(25)20(26)12-16)22(30)15-29(34(3,32)33)18-8-6-7-17(24)13-18/h6-10,12-13,21H,4-5,11,14-15H2,1-3H3,(H,27,31). The minimum Gasteiger partial charge on any atom is -0.354 e. The summed E-state index contributed by atoms with van der Waals surface area (Å²) in [4.78, 5) is 27.8. The van der Waals surface area contributed by atoms with E-state index in [-0.39, 0.29) is 12.5 Å². The van der Waals surface area contributed by atoms with Gasteiger partial charge in [0.15, 0.2) is 0 Å². The Morgan fingerprint density at radius 3 is 2.35 bits per heavy atom. The van der Waals surface area contributed by atoms with Crippen LogP contribution in [0.15, 0.2) is 46.9 Å². The summed E-state index contributed by atoms with van der Waals surface area (Å²) in [6, 6.07) is 10.8. The summed E-state index contributed by atoms with van der Waals surface area (Å²) in [7, 11) is -3.79. The topological polar surface area (TPSA) is 86.8 Å². The van der Waals surface area contributed by atoms with Crippen LogP contribution in [-0.2, 0) is 26.2 Å². The number of anilines is 1. The SMILES string of the molecule is CCCNC(=O)C(CC)N(Cc1ccc(Cl)c(Cl)c1)C(=O)CN(c1cccc(Br)c1)S(C)(=O)=O. The number of amides is 2. The van der Waals surface area contributed by atoms with Gasteiger partial charge in [-0.3, -0.25) is 13.9 Å². The van der Waals surface area contributed by atoms with Crippen molar-refractivity contribution in [3.8, 4) is 0 Å². The van der Waals surface area contributed by atoms with E-state index >= 15 is 0 Å². The summed E-state index contributed by atoms with van der Waals surface area (Å²) in [6.07, 6.45) is 2.13. The molecular formula is C23H28BrCl2N3O4S. The number of carbonyl (C=O) groups excluding carboxylic acids is 2. The Morgan fingerprint density at radius 1 is 1.09 bits per heavy atom. The van der Waals surface area contributed by atoms with Crippen LogP contribution in [0, 0.1) is 0 Å². The molecule has 0 saturated heterocycles. The molecule has 0 spiro atoms. The van der Waals surface area contributed by atoms with Gasteiger partial charge in [-0.25, -0.2) is 8.42 Å². The number of halogens is 3. The third-order valence-corrected chi connectivity index (χ3v) is 7.42. The molecule has 0 heterocycles. The largest absolute Gasteiger partial charge is 0.354 e. The predicted octanol–water partition coefficient (Wildman–Crippen LogP) is 4.86. The second kappa shape index (κ2) is 12.8. The van der Waals surface area contributed by atoms with Crippen LogP contribution in [0.3, 0.4) is 0 Å². The van der Waals surface area contributed by atoms with Gasteiger partial charge < -0.3 is 10.2 Å². The molecule has 0 radical (unpaired) electrons. The molecule has 0 saturated carbocycles. The van der Waals surface area contributed by atoms with E-state index in [1.165, 1.54) is 4.90 Å². The van der Waals surface area contributed by atoms with E-state index in [0.717, 1.165) is 17.0 Å². The number of nitrogens with one attached hydrogen (secondary N) is 1.